The van der Waals surface area contributed by atoms with Crippen molar-refractivity contribution in [1.82, 2.24) is 20.9 Å². The van der Waals surface area contributed by atoms with E-state index in [9.17, 15) is 29.1 Å². The highest BCUT2D eigenvalue weighted by atomic mass is 32.2. The van der Waals surface area contributed by atoms with Gasteiger partial charge in [0.15, 0.2) is 0 Å². The van der Waals surface area contributed by atoms with Gasteiger partial charge in [0, 0.05) is 29.9 Å². The topological polar surface area (TPSA) is 204 Å². The van der Waals surface area contributed by atoms with E-state index in [1.807, 2.05) is 30.5 Å². The molecule has 2 aromatic carbocycles. The zero-order valence-corrected chi connectivity index (χ0v) is 23.9. The molecule has 0 radical (unpaired) electrons. The summed E-state index contributed by atoms with van der Waals surface area (Å²) in [5.41, 5.74) is 7.98. The Morgan fingerprint density at radius 3 is 2.12 bits per heavy atom. The number of benzene rings is 2. The number of H-pyrrole nitrogens is 1. The van der Waals surface area contributed by atoms with Crippen LogP contribution in [-0.2, 0) is 36.8 Å². The number of rotatable bonds is 16. The Morgan fingerprint density at radius 1 is 0.833 bits per heavy atom. The summed E-state index contributed by atoms with van der Waals surface area (Å²) >= 11 is 1.44. The fourth-order valence-electron chi connectivity index (χ4n) is 4.39. The number of carbonyl (C=O) groups excluding carboxylic acids is 3. The second-order valence-electron chi connectivity index (χ2n) is 9.76. The average molecular weight is 598 g/mol. The largest absolute Gasteiger partial charge is 0.481 e. The van der Waals surface area contributed by atoms with Crippen LogP contribution in [0.4, 0.5) is 0 Å². The zero-order chi connectivity index (χ0) is 30.6. The van der Waals surface area contributed by atoms with Gasteiger partial charge in [0.25, 0.3) is 0 Å². The molecule has 0 bridgehead atoms. The molecule has 3 amide bonds. The van der Waals surface area contributed by atoms with Crippen LogP contribution in [0.2, 0.25) is 0 Å². The number of thioether (sulfide) groups is 1. The van der Waals surface area contributed by atoms with Crippen LogP contribution in [0, 0.1) is 0 Å². The predicted octanol–water partition coefficient (Wildman–Crippen LogP) is 1.05. The highest BCUT2D eigenvalue weighted by Crippen LogP contribution is 2.19. The van der Waals surface area contributed by atoms with Gasteiger partial charge in [-0.1, -0.05) is 48.5 Å². The monoisotopic (exact) mass is 597 g/mol. The molecule has 224 valence electrons. The average Bonchev–Trinajstić information content (AvgIpc) is 3.37. The maximum Gasteiger partial charge on any atom is 0.326 e. The summed E-state index contributed by atoms with van der Waals surface area (Å²) in [4.78, 5) is 65.7. The van der Waals surface area contributed by atoms with Crippen molar-refractivity contribution < 1.29 is 34.2 Å². The van der Waals surface area contributed by atoms with E-state index in [4.69, 9.17) is 10.8 Å². The summed E-state index contributed by atoms with van der Waals surface area (Å²) < 4.78 is 0. The number of para-hydroxylation sites is 1. The van der Waals surface area contributed by atoms with Crippen molar-refractivity contribution in [3.63, 3.8) is 0 Å². The summed E-state index contributed by atoms with van der Waals surface area (Å²) in [5, 5.41) is 27.3. The molecule has 0 spiro atoms. The Balaban J connectivity index is 1.81. The summed E-state index contributed by atoms with van der Waals surface area (Å²) in [5.74, 6) is -4.23. The lowest BCUT2D eigenvalue weighted by Gasteiger charge is -2.25. The molecule has 13 heteroatoms. The van der Waals surface area contributed by atoms with Gasteiger partial charge in [-0.3, -0.25) is 19.2 Å². The van der Waals surface area contributed by atoms with Crippen LogP contribution in [-0.4, -0.2) is 81.0 Å². The first-order valence-electron chi connectivity index (χ1n) is 13.3. The SMILES string of the molecule is CSCCC(NC(=O)C(Cc1c[nH]c2ccccc12)NC(=O)C(N)CC(=O)O)C(=O)NC(Cc1ccccc1)C(=O)O. The van der Waals surface area contributed by atoms with Crippen molar-refractivity contribution in [2.45, 2.75) is 49.9 Å². The molecule has 0 aliphatic carbocycles. The first-order chi connectivity index (χ1) is 20.1. The van der Waals surface area contributed by atoms with Gasteiger partial charge in [0.2, 0.25) is 17.7 Å². The first-order valence-corrected chi connectivity index (χ1v) is 14.7. The van der Waals surface area contributed by atoms with Crippen LogP contribution in [0.3, 0.4) is 0 Å². The smallest absolute Gasteiger partial charge is 0.326 e. The third-order valence-corrected chi connectivity index (χ3v) is 7.25. The van der Waals surface area contributed by atoms with Crippen molar-refractivity contribution >= 4 is 52.3 Å². The first kappa shape index (κ1) is 32.2. The number of aromatic amines is 1. The van der Waals surface area contributed by atoms with Crippen LogP contribution in [0.25, 0.3) is 10.9 Å². The zero-order valence-electron chi connectivity index (χ0n) is 23.0. The number of hydrogen-bond acceptors (Lipinski definition) is 7. The van der Waals surface area contributed by atoms with E-state index in [0.29, 0.717) is 16.9 Å². The van der Waals surface area contributed by atoms with Crippen LogP contribution in [0.1, 0.15) is 24.0 Å². The van der Waals surface area contributed by atoms with Gasteiger partial charge in [-0.15, -0.1) is 0 Å². The molecule has 3 aromatic rings. The van der Waals surface area contributed by atoms with E-state index in [-0.39, 0.29) is 19.3 Å². The van der Waals surface area contributed by atoms with E-state index >= 15 is 0 Å². The minimum atomic E-state index is -1.40. The van der Waals surface area contributed by atoms with Crippen molar-refractivity contribution in [1.29, 1.82) is 0 Å². The molecule has 8 N–H and O–H groups in total. The Hall–Kier alpha value is -4.36. The van der Waals surface area contributed by atoms with Crippen molar-refractivity contribution in [2.24, 2.45) is 5.73 Å². The number of nitrogens with two attached hydrogens (primary N) is 1. The van der Waals surface area contributed by atoms with Gasteiger partial charge in [-0.25, -0.2) is 4.79 Å². The lowest BCUT2D eigenvalue weighted by atomic mass is 10.0. The third-order valence-electron chi connectivity index (χ3n) is 6.60. The van der Waals surface area contributed by atoms with Gasteiger partial charge in [0.05, 0.1) is 12.5 Å². The standard InChI is InChI=1S/C29H35N5O7S/c1-42-12-11-22(27(38)34-24(29(40)41)13-17-7-3-2-4-8-17)32-28(39)23(33-26(37)20(30)15-25(35)36)14-18-16-31-21-10-6-5-9-19(18)21/h2-10,16,20,22-24,31H,11-15,30H2,1H3,(H,32,39)(H,33,37)(H,34,38)(H,35,36)(H,40,41). The second-order valence-corrected chi connectivity index (χ2v) is 10.7. The van der Waals surface area contributed by atoms with Gasteiger partial charge < -0.3 is 36.9 Å². The summed E-state index contributed by atoms with van der Waals surface area (Å²) in [6.07, 6.45) is 3.16. The maximum absolute atomic E-state index is 13.6. The van der Waals surface area contributed by atoms with Gasteiger partial charge in [0.1, 0.15) is 18.1 Å². The predicted molar refractivity (Wildman–Crippen MR) is 159 cm³/mol. The molecule has 0 aliphatic heterocycles. The number of nitrogens with one attached hydrogen (secondary N) is 4. The van der Waals surface area contributed by atoms with Gasteiger partial charge in [-0.05, 0) is 35.6 Å². The molecule has 4 atom stereocenters. The number of carbonyl (C=O) groups is 5. The number of carboxylic acid groups (broad SMARTS) is 2. The number of hydrogen-bond donors (Lipinski definition) is 7. The van der Waals surface area contributed by atoms with E-state index < -0.39 is 60.2 Å². The maximum atomic E-state index is 13.6. The summed E-state index contributed by atoms with van der Waals surface area (Å²) in [7, 11) is 0. The van der Waals surface area contributed by atoms with Crippen LogP contribution in [0.5, 0.6) is 0 Å². The fraction of sp³-hybridized carbons (Fsp3) is 0.345. The molecular weight excluding hydrogens is 562 g/mol. The molecule has 0 saturated carbocycles. The number of fused-ring (bicyclic) bond motifs is 1. The Morgan fingerprint density at radius 2 is 1.45 bits per heavy atom. The molecule has 12 nitrogen and oxygen atoms in total. The molecule has 1 heterocycles. The van der Waals surface area contributed by atoms with Crippen LogP contribution < -0.4 is 21.7 Å². The summed E-state index contributed by atoms with van der Waals surface area (Å²) in [6, 6.07) is 11.3. The molecule has 1 aromatic heterocycles. The number of amides is 3. The molecular formula is C29H35N5O7S. The quantitative estimate of drug-likeness (QED) is 0.126. The fourth-order valence-corrected chi connectivity index (χ4v) is 4.86. The Kier molecular flexibility index (Phi) is 11.9. The molecule has 3 rings (SSSR count). The van der Waals surface area contributed by atoms with Gasteiger partial charge >= 0.3 is 11.9 Å². The number of aromatic nitrogens is 1. The molecule has 42 heavy (non-hydrogen) atoms. The Bertz CT molecular complexity index is 1400. The van der Waals surface area contributed by atoms with Crippen molar-refractivity contribution in [3.8, 4) is 0 Å². The normalized spacial score (nSPS) is 13.9. The minimum absolute atomic E-state index is 0.0179. The van der Waals surface area contributed by atoms with E-state index in [1.165, 1.54) is 11.8 Å². The van der Waals surface area contributed by atoms with Crippen molar-refractivity contribution in [3.05, 3.63) is 71.9 Å². The molecule has 0 aliphatic rings. The van der Waals surface area contributed by atoms with E-state index in [0.717, 1.165) is 10.9 Å². The summed E-state index contributed by atoms with van der Waals surface area (Å²) in [6.45, 7) is 0. The van der Waals surface area contributed by atoms with Gasteiger partial charge in [-0.2, -0.15) is 11.8 Å². The number of carboxylic acids is 2. The minimum Gasteiger partial charge on any atom is -0.481 e. The lowest BCUT2D eigenvalue weighted by Crippen LogP contribution is -2.58. The van der Waals surface area contributed by atoms with Crippen molar-refractivity contribution in [2.75, 3.05) is 12.0 Å². The second kappa shape index (κ2) is 15.6. The third kappa shape index (κ3) is 9.35. The highest BCUT2D eigenvalue weighted by molar-refractivity contribution is 7.98. The van der Waals surface area contributed by atoms with Crippen LogP contribution >= 0.6 is 11.8 Å². The van der Waals surface area contributed by atoms with E-state index in [1.54, 1.807) is 36.5 Å². The Labute approximate surface area is 246 Å². The van der Waals surface area contributed by atoms with E-state index in [2.05, 4.69) is 20.9 Å². The molecule has 4 unspecified atom stereocenters. The molecule has 0 fully saturated rings. The van der Waals surface area contributed by atoms with Crippen LogP contribution in [0.15, 0.2) is 60.8 Å². The highest BCUT2D eigenvalue weighted by Gasteiger charge is 2.31. The molecule has 0 saturated heterocycles. The number of aliphatic carboxylic acids is 2. The lowest BCUT2D eigenvalue weighted by molar-refractivity contribution is -0.142.